The molecule has 1 fully saturated rings. The van der Waals surface area contributed by atoms with Gasteiger partial charge < -0.3 is 10.2 Å². The van der Waals surface area contributed by atoms with Crippen LogP contribution in [0, 0.1) is 0 Å². The second kappa shape index (κ2) is 8.60. The van der Waals surface area contributed by atoms with Crippen molar-refractivity contribution in [3.8, 4) is 0 Å². The fourth-order valence-electron chi connectivity index (χ4n) is 3.59. The van der Waals surface area contributed by atoms with E-state index in [4.69, 9.17) is 0 Å². The molecule has 11 heteroatoms. The molecule has 4 rings (SSSR count). The molecule has 2 aromatic heterocycles. The van der Waals surface area contributed by atoms with Gasteiger partial charge in [-0.1, -0.05) is 0 Å². The minimum atomic E-state index is -3.52. The van der Waals surface area contributed by atoms with Crippen LogP contribution in [0.2, 0.25) is 0 Å². The predicted octanol–water partition coefficient (Wildman–Crippen LogP) is 1.11. The van der Waals surface area contributed by atoms with Gasteiger partial charge in [-0.2, -0.15) is 5.10 Å². The Kier molecular flexibility index (Phi) is 5.88. The van der Waals surface area contributed by atoms with Gasteiger partial charge in [-0.15, -0.1) is 0 Å². The molecule has 0 aliphatic carbocycles. The van der Waals surface area contributed by atoms with Crippen molar-refractivity contribution in [2.24, 2.45) is 0 Å². The van der Waals surface area contributed by atoms with Crippen molar-refractivity contribution in [3.05, 3.63) is 42.4 Å². The number of amides is 1. The van der Waals surface area contributed by atoms with Crippen molar-refractivity contribution in [1.82, 2.24) is 29.4 Å². The van der Waals surface area contributed by atoms with Gasteiger partial charge in [-0.3, -0.25) is 4.79 Å². The lowest BCUT2D eigenvalue weighted by molar-refractivity contribution is 0.0952. The van der Waals surface area contributed by atoms with Gasteiger partial charge in [-0.05, 0) is 37.1 Å². The number of hydrogen-bond acceptors (Lipinski definition) is 7. The molecule has 1 saturated heterocycles. The number of sulfonamides is 1. The summed E-state index contributed by atoms with van der Waals surface area (Å²) in [5.41, 5.74) is 1.13. The molecule has 0 spiro atoms. The fraction of sp³-hybridized carbons (Fsp3) is 0.400. The quantitative estimate of drug-likeness (QED) is 0.582. The van der Waals surface area contributed by atoms with E-state index < -0.39 is 10.0 Å². The van der Waals surface area contributed by atoms with E-state index in [1.54, 1.807) is 17.2 Å². The first-order valence-corrected chi connectivity index (χ1v) is 11.5. The summed E-state index contributed by atoms with van der Waals surface area (Å²) >= 11 is 0. The second-order valence-corrected chi connectivity index (χ2v) is 9.72. The summed E-state index contributed by atoms with van der Waals surface area (Å²) in [5, 5.41) is 8.17. The van der Waals surface area contributed by atoms with Crippen LogP contribution in [-0.2, 0) is 16.6 Å². The number of carbonyl (C=O) groups is 1. The zero-order valence-electron chi connectivity index (χ0n) is 17.5. The van der Waals surface area contributed by atoms with E-state index in [2.05, 4.69) is 25.3 Å². The van der Waals surface area contributed by atoms with E-state index in [-0.39, 0.29) is 10.8 Å². The standard InChI is InChI=1S/C20H25N7O3S/c1-25(2)31(29,30)16-7-5-15(6-8-16)20(28)21-9-12-27-19-17(13-24-27)18(22-14-23-19)26-10-3-4-11-26/h5-8,13-14H,3-4,9-12H2,1-2H3,(H,21,28). The first-order valence-electron chi connectivity index (χ1n) is 10.1. The molecule has 164 valence electrons. The van der Waals surface area contributed by atoms with Gasteiger partial charge in [-0.25, -0.2) is 27.4 Å². The Morgan fingerprint density at radius 3 is 2.52 bits per heavy atom. The molecule has 1 amide bonds. The third kappa shape index (κ3) is 4.23. The number of benzene rings is 1. The number of aromatic nitrogens is 4. The van der Waals surface area contributed by atoms with Gasteiger partial charge in [0.05, 0.1) is 23.0 Å². The summed E-state index contributed by atoms with van der Waals surface area (Å²) in [6.45, 7) is 2.79. The minimum absolute atomic E-state index is 0.144. The molecule has 10 nitrogen and oxygen atoms in total. The van der Waals surface area contributed by atoms with Crippen LogP contribution < -0.4 is 10.2 Å². The van der Waals surface area contributed by atoms with Crippen LogP contribution in [0.3, 0.4) is 0 Å². The van der Waals surface area contributed by atoms with Gasteiger partial charge in [0.15, 0.2) is 5.65 Å². The zero-order valence-corrected chi connectivity index (χ0v) is 18.3. The summed E-state index contributed by atoms with van der Waals surface area (Å²) < 4.78 is 27.2. The summed E-state index contributed by atoms with van der Waals surface area (Å²) in [6, 6.07) is 5.87. The first kappa shape index (κ1) is 21.2. The van der Waals surface area contributed by atoms with Crippen molar-refractivity contribution in [2.75, 3.05) is 38.6 Å². The molecule has 0 radical (unpaired) electrons. The highest BCUT2D eigenvalue weighted by molar-refractivity contribution is 7.89. The number of fused-ring (bicyclic) bond motifs is 1. The molecule has 0 atom stereocenters. The smallest absolute Gasteiger partial charge is 0.251 e. The van der Waals surface area contributed by atoms with Gasteiger partial charge in [0.25, 0.3) is 5.91 Å². The second-order valence-electron chi connectivity index (χ2n) is 7.56. The molecule has 3 aromatic rings. The van der Waals surface area contributed by atoms with Crippen molar-refractivity contribution >= 4 is 32.8 Å². The maximum Gasteiger partial charge on any atom is 0.251 e. The Morgan fingerprint density at radius 2 is 1.84 bits per heavy atom. The van der Waals surface area contributed by atoms with Crippen LogP contribution in [0.4, 0.5) is 5.82 Å². The summed E-state index contributed by atoms with van der Waals surface area (Å²) in [7, 11) is -0.590. The highest BCUT2D eigenvalue weighted by Crippen LogP contribution is 2.25. The monoisotopic (exact) mass is 443 g/mol. The van der Waals surface area contributed by atoms with Gasteiger partial charge >= 0.3 is 0 Å². The van der Waals surface area contributed by atoms with Crippen LogP contribution in [0.1, 0.15) is 23.2 Å². The molecular formula is C20H25N7O3S. The van der Waals surface area contributed by atoms with E-state index in [1.807, 2.05) is 0 Å². The minimum Gasteiger partial charge on any atom is -0.356 e. The Labute approximate surface area is 180 Å². The van der Waals surface area contributed by atoms with Gasteiger partial charge in [0.2, 0.25) is 10.0 Å². The number of nitrogens with one attached hydrogen (secondary N) is 1. The molecule has 31 heavy (non-hydrogen) atoms. The molecule has 0 saturated carbocycles. The zero-order chi connectivity index (χ0) is 22.0. The van der Waals surface area contributed by atoms with Crippen LogP contribution in [0.25, 0.3) is 11.0 Å². The van der Waals surface area contributed by atoms with E-state index in [9.17, 15) is 13.2 Å². The fourth-order valence-corrected chi connectivity index (χ4v) is 4.49. The van der Waals surface area contributed by atoms with Crippen LogP contribution in [-0.4, -0.2) is 72.1 Å². The molecule has 0 unspecified atom stereocenters. The maximum absolute atomic E-state index is 12.4. The molecule has 1 N–H and O–H groups in total. The summed E-state index contributed by atoms with van der Waals surface area (Å²) in [5.74, 6) is 0.628. The first-order chi connectivity index (χ1) is 14.9. The van der Waals surface area contributed by atoms with E-state index in [1.165, 1.54) is 38.4 Å². The normalized spacial score (nSPS) is 14.5. The number of carbonyl (C=O) groups excluding carboxylic acids is 1. The number of anilines is 1. The Morgan fingerprint density at radius 1 is 1.13 bits per heavy atom. The average molecular weight is 444 g/mol. The van der Waals surface area contributed by atoms with Crippen LogP contribution >= 0.6 is 0 Å². The number of nitrogens with zero attached hydrogens (tertiary/aromatic N) is 6. The topological polar surface area (TPSA) is 113 Å². The molecule has 1 aliphatic rings. The Balaban J connectivity index is 1.40. The lowest BCUT2D eigenvalue weighted by Gasteiger charge is -2.16. The average Bonchev–Trinajstić information content (AvgIpc) is 3.44. The molecule has 1 aromatic carbocycles. The van der Waals surface area contributed by atoms with E-state index >= 15 is 0 Å². The van der Waals surface area contributed by atoms with Crippen LogP contribution in [0.5, 0.6) is 0 Å². The lowest BCUT2D eigenvalue weighted by Crippen LogP contribution is -2.28. The highest BCUT2D eigenvalue weighted by Gasteiger charge is 2.19. The van der Waals surface area contributed by atoms with Crippen molar-refractivity contribution < 1.29 is 13.2 Å². The third-order valence-corrected chi connectivity index (χ3v) is 7.15. The molecule has 1 aliphatic heterocycles. The number of hydrogen-bond donors (Lipinski definition) is 1. The van der Waals surface area contributed by atoms with Crippen LogP contribution in [0.15, 0.2) is 41.7 Å². The van der Waals surface area contributed by atoms with Crippen molar-refractivity contribution in [2.45, 2.75) is 24.3 Å². The molecule has 3 heterocycles. The summed E-state index contributed by atoms with van der Waals surface area (Å²) in [6.07, 6.45) is 5.65. The largest absolute Gasteiger partial charge is 0.356 e. The Hall–Kier alpha value is -3.05. The SMILES string of the molecule is CN(C)S(=O)(=O)c1ccc(C(=O)NCCn2ncc3c(N4CCCC4)ncnc32)cc1. The summed E-state index contributed by atoms with van der Waals surface area (Å²) in [4.78, 5) is 23.6. The van der Waals surface area contributed by atoms with Crippen molar-refractivity contribution in [1.29, 1.82) is 0 Å². The van der Waals surface area contributed by atoms with Crippen molar-refractivity contribution in [3.63, 3.8) is 0 Å². The number of rotatable bonds is 7. The Bertz CT molecular complexity index is 1180. The predicted molar refractivity (Wildman–Crippen MR) is 116 cm³/mol. The molecule has 0 bridgehead atoms. The maximum atomic E-state index is 12.4. The van der Waals surface area contributed by atoms with E-state index in [0.29, 0.717) is 18.7 Å². The van der Waals surface area contributed by atoms with Gasteiger partial charge in [0.1, 0.15) is 12.1 Å². The third-order valence-electron chi connectivity index (χ3n) is 5.32. The molecular weight excluding hydrogens is 418 g/mol. The van der Waals surface area contributed by atoms with Gasteiger partial charge in [0, 0.05) is 39.3 Å². The highest BCUT2D eigenvalue weighted by atomic mass is 32.2. The lowest BCUT2D eigenvalue weighted by atomic mass is 10.2. The van der Waals surface area contributed by atoms with E-state index in [0.717, 1.165) is 47.1 Å².